The van der Waals surface area contributed by atoms with E-state index in [0.717, 1.165) is 22.9 Å². The molecule has 1 atom stereocenters. The second-order valence-corrected chi connectivity index (χ2v) is 7.90. The SMILES string of the molecule is CNS(=O)(=O)C1CCN(Cc2cnc(OC)c3ccccc23)C1. The minimum Gasteiger partial charge on any atom is -0.481 e. The molecule has 2 heterocycles. The summed E-state index contributed by atoms with van der Waals surface area (Å²) in [4.78, 5) is 6.53. The fourth-order valence-electron chi connectivity index (χ4n) is 3.12. The van der Waals surface area contributed by atoms with Crippen molar-refractivity contribution in [2.75, 3.05) is 27.2 Å². The molecule has 6 nitrogen and oxygen atoms in total. The third-order valence-electron chi connectivity index (χ3n) is 4.38. The number of aromatic nitrogens is 1. The van der Waals surface area contributed by atoms with Gasteiger partial charge in [0.05, 0.1) is 12.4 Å². The van der Waals surface area contributed by atoms with Crippen molar-refractivity contribution in [1.82, 2.24) is 14.6 Å². The molecule has 0 aliphatic carbocycles. The van der Waals surface area contributed by atoms with Gasteiger partial charge in [-0.25, -0.2) is 18.1 Å². The van der Waals surface area contributed by atoms with E-state index in [4.69, 9.17) is 4.74 Å². The first kappa shape index (κ1) is 16.2. The molecule has 1 aromatic carbocycles. The molecule has 1 aromatic heterocycles. The van der Waals surface area contributed by atoms with Crippen molar-refractivity contribution in [3.63, 3.8) is 0 Å². The van der Waals surface area contributed by atoms with Crippen molar-refractivity contribution < 1.29 is 13.2 Å². The number of rotatable bonds is 5. The van der Waals surface area contributed by atoms with Crippen LogP contribution in [-0.2, 0) is 16.6 Å². The number of methoxy groups -OCH3 is 1. The first-order valence-corrected chi connectivity index (χ1v) is 9.15. The molecule has 0 amide bonds. The number of hydrogen-bond acceptors (Lipinski definition) is 5. The number of ether oxygens (including phenoxy) is 1. The second-order valence-electron chi connectivity index (χ2n) is 5.73. The molecule has 1 N–H and O–H groups in total. The standard InChI is InChI=1S/C16H21N3O3S/c1-17-23(20,21)13-7-8-19(11-13)10-12-9-18-16(22-2)15-6-4-3-5-14(12)15/h3-6,9,13,17H,7-8,10-11H2,1-2H3. The largest absolute Gasteiger partial charge is 0.481 e. The Kier molecular flexibility index (Phi) is 4.52. The summed E-state index contributed by atoms with van der Waals surface area (Å²) < 4.78 is 31.6. The summed E-state index contributed by atoms with van der Waals surface area (Å²) in [6, 6.07) is 7.99. The van der Waals surface area contributed by atoms with E-state index in [1.165, 1.54) is 7.05 Å². The zero-order valence-corrected chi connectivity index (χ0v) is 14.1. The van der Waals surface area contributed by atoms with Gasteiger partial charge < -0.3 is 4.74 Å². The Balaban J connectivity index is 1.84. The lowest BCUT2D eigenvalue weighted by atomic mass is 10.1. The predicted molar refractivity (Wildman–Crippen MR) is 90.0 cm³/mol. The summed E-state index contributed by atoms with van der Waals surface area (Å²) >= 11 is 0. The highest BCUT2D eigenvalue weighted by molar-refractivity contribution is 7.90. The van der Waals surface area contributed by atoms with Gasteiger partial charge in [-0.3, -0.25) is 4.90 Å². The second kappa shape index (κ2) is 6.43. The summed E-state index contributed by atoms with van der Waals surface area (Å²) in [6.07, 6.45) is 2.48. The van der Waals surface area contributed by atoms with Crippen molar-refractivity contribution in [2.24, 2.45) is 0 Å². The molecule has 7 heteroatoms. The molecule has 0 saturated carbocycles. The van der Waals surface area contributed by atoms with Gasteiger partial charge in [-0.2, -0.15) is 0 Å². The lowest BCUT2D eigenvalue weighted by Crippen LogP contribution is -2.34. The average molecular weight is 335 g/mol. The van der Waals surface area contributed by atoms with Crippen molar-refractivity contribution in [2.45, 2.75) is 18.2 Å². The fourth-order valence-corrected chi connectivity index (χ4v) is 4.27. The smallest absolute Gasteiger partial charge is 0.221 e. The van der Waals surface area contributed by atoms with Crippen LogP contribution in [0.15, 0.2) is 30.5 Å². The third-order valence-corrected chi connectivity index (χ3v) is 6.21. The minimum absolute atomic E-state index is 0.343. The zero-order chi connectivity index (χ0) is 16.4. The molecular weight excluding hydrogens is 314 g/mol. The van der Waals surface area contributed by atoms with E-state index in [2.05, 4.69) is 14.6 Å². The summed E-state index contributed by atoms with van der Waals surface area (Å²) in [5.74, 6) is 0.612. The predicted octanol–water partition coefficient (Wildman–Crippen LogP) is 1.37. The maximum atomic E-state index is 11.9. The molecule has 1 saturated heterocycles. The highest BCUT2D eigenvalue weighted by atomic mass is 32.2. The number of likely N-dealkylation sites (tertiary alicyclic amines) is 1. The number of fused-ring (bicyclic) bond motifs is 1. The van der Waals surface area contributed by atoms with Crippen LogP contribution in [-0.4, -0.2) is 50.8 Å². The third kappa shape index (κ3) is 3.17. The number of pyridine rings is 1. The Morgan fingerprint density at radius 2 is 2.09 bits per heavy atom. The molecule has 0 bridgehead atoms. The first-order chi connectivity index (χ1) is 11.0. The van der Waals surface area contributed by atoms with Crippen molar-refractivity contribution >= 4 is 20.8 Å². The molecule has 0 spiro atoms. The first-order valence-electron chi connectivity index (χ1n) is 7.60. The Morgan fingerprint density at radius 3 is 2.78 bits per heavy atom. The zero-order valence-electron chi connectivity index (χ0n) is 13.3. The molecule has 3 rings (SSSR count). The molecular formula is C16H21N3O3S. The number of nitrogens with one attached hydrogen (secondary N) is 1. The Hall–Kier alpha value is -1.70. The maximum absolute atomic E-state index is 11.9. The molecule has 1 aliphatic rings. The molecule has 1 fully saturated rings. The van der Waals surface area contributed by atoms with Crippen molar-refractivity contribution in [3.8, 4) is 5.88 Å². The molecule has 124 valence electrons. The summed E-state index contributed by atoms with van der Waals surface area (Å²) in [5.41, 5.74) is 1.09. The van der Waals surface area contributed by atoms with Crippen LogP contribution in [0.2, 0.25) is 0 Å². The molecule has 23 heavy (non-hydrogen) atoms. The van der Waals surface area contributed by atoms with E-state index in [1.807, 2.05) is 30.5 Å². The minimum atomic E-state index is -3.20. The molecule has 0 radical (unpaired) electrons. The van der Waals surface area contributed by atoms with Crippen LogP contribution in [0.3, 0.4) is 0 Å². The van der Waals surface area contributed by atoms with Gasteiger partial charge in [0.15, 0.2) is 0 Å². The topological polar surface area (TPSA) is 71.5 Å². The van der Waals surface area contributed by atoms with Crippen molar-refractivity contribution in [3.05, 3.63) is 36.0 Å². The maximum Gasteiger partial charge on any atom is 0.221 e. The summed E-state index contributed by atoms with van der Waals surface area (Å²) in [7, 11) is -0.119. The number of hydrogen-bond donors (Lipinski definition) is 1. The highest BCUT2D eigenvalue weighted by Crippen LogP contribution is 2.28. The van der Waals surface area contributed by atoms with Gasteiger partial charge in [0.1, 0.15) is 0 Å². The van der Waals surface area contributed by atoms with E-state index in [1.54, 1.807) is 7.11 Å². The van der Waals surface area contributed by atoms with E-state index in [-0.39, 0.29) is 5.25 Å². The number of nitrogens with zero attached hydrogens (tertiary/aromatic N) is 2. The van der Waals surface area contributed by atoms with Crippen molar-refractivity contribution in [1.29, 1.82) is 0 Å². The molecule has 2 aromatic rings. The molecule has 1 aliphatic heterocycles. The van der Waals surface area contributed by atoms with Crippen LogP contribution in [0.25, 0.3) is 10.8 Å². The normalized spacial score (nSPS) is 19.3. The summed E-state index contributed by atoms with van der Waals surface area (Å²) in [5, 5.41) is 1.73. The van der Waals surface area contributed by atoms with E-state index >= 15 is 0 Å². The van der Waals surface area contributed by atoms with Crippen LogP contribution >= 0.6 is 0 Å². The van der Waals surface area contributed by atoms with E-state index in [9.17, 15) is 8.42 Å². The van der Waals surface area contributed by atoms with Gasteiger partial charge in [0, 0.05) is 24.7 Å². The average Bonchev–Trinajstić information content (AvgIpc) is 3.04. The van der Waals surface area contributed by atoms with Gasteiger partial charge in [-0.15, -0.1) is 0 Å². The van der Waals surface area contributed by atoms with Crippen LogP contribution in [0.4, 0.5) is 0 Å². The lowest BCUT2D eigenvalue weighted by molar-refractivity contribution is 0.331. The van der Waals surface area contributed by atoms with Gasteiger partial charge in [0.25, 0.3) is 0 Å². The van der Waals surface area contributed by atoms with Gasteiger partial charge in [0.2, 0.25) is 15.9 Å². The van der Waals surface area contributed by atoms with E-state index < -0.39 is 10.0 Å². The Labute approximate surface area is 136 Å². The van der Waals surface area contributed by atoms with E-state index in [0.29, 0.717) is 25.4 Å². The lowest BCUT2D eigenvalue weighted by Gasteiger charge is -2.17. The molecule has 1 unspecified atom stereocenters. The fraction of sp³-hybridized carbons (Fsp3) is 0.438. The summed E-state index contributed by atoms with van der Waals surface area (Å²) in [6.45, 7) is 2.00. The Morgan fingerprint density at radius 1 is 1.35 bits per heavy atom. The highest BCUT2D eigenvalue weighted by Gasteiger charge is 2.32. The number of sulfonamides is 1. The van der Waals surface area contributed by atoms with Crippen LogP contribution < -0.4 is 9.46 Å². The Bertz CT molecular complexity index is 807. The van der Waals surface area contributed by atoms with Crippen LogP contribution in [0, 0.1) is 0 Å². The monoisotopic (exact) mass is 335 g/mol. The van der Waals surface area contributed by atoms with Crippen LogP contribution in [0.5, 0.6) is 5.88 Å². The number of benzene rings is 1. The van der Waals surface area contributed by atoms with Gasteiger partial charge in [-0.1, -0.05) is 18.2 Å². The van der Waals surface area contributed by atoms with Crippen LogP contribution in [0.1, 0.15) is 12.0 Å². The quantitative estimate of drug-likeness (QED) is 0.893. The van der Waals surface area contributed by atoms with Gasteiger partial charge >= 0.3 is 0 Å². The van der Waals surface area contributed by atoms with Gasteiger partial charge in [-0.05, 0) is 37.0 Å².